The van der Waals surface area contributed by atoms with Crippen molar-refractivity contribution in [3.63, 3.8) is 0 Å². The first-order valence-corrected chi connectivity index (χ1v) is 5.89. The van der Waals surface area contributed by atoms with E-state index in [0.717, 1.165) is 16.7 Å². The van der Waals surface area contributed by atoms with Gasteiger partial charge in [0.25, 0.3) is 0 Å². The Kier molecular flexibility index (Phi) is 5.67. The van der Waals surface area contributed by atoms with Gasteiger partial charge in [0, 0.05) is 0 Å². The lowest BCUT2D eigenvalue weighted by molar-refractivity contribution is -0.138. The van der Waals surface area contributed by atoms with E-state index in [9.17, 15) is 9.18 Å². The summed E-state index contributed by atoms with van der Waals surface area (Å²) >= 11 is 0. The minimum atomic E-state index is -1.01. The summed E-state index contributed by atoms with van der Waals surface area (Å²) in [6.07, 6.45) is 0.291. The van der Waals surface area contributed by atoms with Crippen molar-refractivity contribution in [1.82, 2.24) is 0 Å². The predicted molar refractivity (Wildman–Crippen MR) is 78.4 cm³/mol. The molecule has 0 heterocycles. The number of rotatable bonds is 4. The first-order valence-electron chi connectivity index (χ1n) is 5.89. The molecule has 106 valence electrons. The van der Waals surface area contributed by atoms with E-state index >= 15 is 0 Å². The third-order valence-electron chi connectivity index (χ3n) is 2.90. The zero-order chi connectivity index (χ0) is 13.8. The third kappa shape index (κ3) is 4.05. The van der Waals surface area contributed by atoms with Crippen LogP contribution in [0.25, 0.3) is 11.1 Å². The highest BCUT2D eigenvalue weighted by atomic mass is 35.5. The van der Waals surface area contributed by atoms with Crippen LogP contribution in [0.2, 0.25) is 0 Å². The molecule has 0 aromatic heterocycles. The highest BCUT2D eigenvalue weighted by Gasteiger charge is 2.11. The van der Waals surface area contributed by atoms with E-state index in [1.54, 1.807) is 12.1 Å². The van der Waals surface area contributed by atoms with Gasteiger partial charge in [0.15, 0.2) is 0 Å². The average molecular weight is 296 g/mol. The highest BCUT2D eigenvalue weighted by Crippen LogP contribution is 2.20. The summed E-state index contributed by atoms with van der Waals surface area (Å²) in [5, 5.41) is 8.74. The molecule has 2 rings (SSSR count). The number of carboxylic acid groups (broad SMARTS) is 1. The van der Waals surface area contributed by atoms with E-state index in [1.165, 1.54) is 12.1 Å². The highest BCUT2D eigenvalue weighted by molar-refractivity contribution is 5.85. The molecule has 0 aliphatic carbocycles. The number of benzene rings is 2. The largest absolute Gasteiger partial charge is 0.480 e. The second-order valence-corrected chi connectivity index (χ2v) is 4.35. The summed E-state index contributed by atoms with van der Waals surface area (Å²) in [7, 11) is 0. The van der Waals surface area contributed by atoms with Gasteiger partial charge in [0.2, 0.25) is 0 Å². The molecule has 1 unspecified atom stereocenters. The standard InChI is InChI=1S/C15H14FNO2.ClH/c16-13-7-5-12(6-8-13)11-3-1-10(2-4-11)9-14(17)15(18)19;/h1-8,14H,9,17H2,(H,18,19);1H. The van der Waals surface area contributed by atoms with Gasteiger partial charge < -0.3 is 10.8 Å². The summed E-state index contributed by atoms with van der Waals surface area (Å²) < 4.78 is 12.8. The van der Waals surface area contributed by atoms with Crippen LogP contribution < -0.4 is 5.73 Å². The van der Waals surface area contributed by atoms with E-state index < -0.39 is 12.0 Å². The summed E-state index contributed by atoms with van der Waals surface area (Å²) in [5.74, 6) is -1.28. The molecule has 0 aliphatic heterocycles. The molecular weight excluding hydrogens is 281 g/mol. The second-order valence-electron chi connectivity index (χ2n) is 4.35. The number of carbonyl (C=O) groups is 1. The number of aliphatic carboxylic acids is 1. The Balaban J connectivity index is 0.00000200. The van der Waals surface area contributed by atoms with E-state index in [1.807, 2.05) is 24.3 Å². The van der Waals surface area contributed by atoms with Gasteiger partial charge >= 0.3 is 5.97 Å². The van der Waals surface area contributed by atoms with Crippen LogP contribution in [0.5, 0.6) is 0 Å². The number of carboxylic acids is 1. The van der Waals surface area contributed by atoms with Gasteiger partial charge in [-0.1, -0.05) is 36.4 Å². The van der Waals surface area contributed by atoms with Crippen molar-refractivity contribution in [3.05, 3.63) is 59.9 Å². The Morgan fingerprint density at radius 1 is 1.05 bits per heavy atom. The predicted octanol–water partition coefficient (Wildman–Crippen LogP) is 2.87. The van der Waals surface area contributed by atoms with E-state index in [0.29, 0.717) is 6.42 Å². The van der Waals surface area contributed by atoms with Crippen molar-refractivity contribution >= 4 is 18.4 Å². The molecule has 2 aromatic carbocycles. The molecule has 1 atom stereocenters. The molecule has 0 fully saturated rings. The van der Waals surface area contributed by atoms with Gasteiger partial charge in [-0.15, -0.1) is 12.4 Å². The van der Waals surface area contributed by atoms with Crippen LogP contribution in [0.3, 0.4) is 0 Å². The lowest BCUT2D eigenvalue weighted by Gasteiger charge is -2.07. The third-order valence-corrected chi connectivity index (χ3v) is 2.90. The van der Waals surface area contributed by atoms with Crippen LogP contribution in [-0.4, -0.2) is 17.1 Å². The fourth-order valence-corrected chi connectivity index (χ4v) is 1.82. The Bertz CT molecular complexity index is 569. The van der Waals surface area contributed by atoms with Gasteiger partial charge in [0.05, 0.1) is 0 Å². The average Bonchev–Trinajstić information content (AvgIpc) is 2.40. The molecule has 5 heteroatoms. The van der Waals surface area contributed by atoms with Crippen LogP contribution in [0.15, 0.2) is 48.5 Å². The molecule has 0 spiro atoms. The van der Waals surface area contributed by atoms with Gasteiger partial charge in [-0.2, -0.15) is 0 Å². The summed E-state index contributed by atoms with van der Waals surface area (Å²) in [6, 6.07) is 12.7. The summed E-state index contributed by atoms with van der Waals surface area (Å²) in [5.41, 5.74) is 8.20. The van der Waals surface area contributed by atoms with Crippen molar-refractivity contribution in [2.75, 3.05) is 0 Å². The summed E-state index contributed by atoms with van der Waals surface area (Å²) in [4.78, 5) is 10.7. The number of halogens is 2. The van der Waals surface area contributed by atoms with Crippen LogP contribution in [0.1, 0.15) is 5.56 Å². The molecule has 3 nitrogen and oxygen atoms in total. The van der Waals surface area contributed by atoms with Crippen molar-refractivity contribution in [2.45, 2.75) is 12.5 Å². The van der Waals surface area contributed by atoms with Crippen molar-refractivity contribution in [1.29, 1.82) is 0 Å². The van der Waals surface area contributed by atoms with Gasteiger partial charge in [-0.25, -0.2) is 4.39 Å². The fourth-order valence-electron chi connectivity index (χ4n) is 1.82. The number of hydrogen-bond acceptors (Lipinski definition) is 2. The minimum absolute atomic E-state index is 0. The van der Waals surface area contributed by atoms with Crippen LogP contribution >= 0.6 is 12.4 Å². The van der Waals surface area contributed by atoms with E-state index in [2.05, 4.69) is 0 Å². The maximum atomic E-state index is 12.8. The lowest BCUT2D eigenvalue weighted by atomic mass is 10.0. The Hall–Kier alpha value is -1.91. The molecular formula is C15H15ClFNO2. The monoisotopic (exact) mass is 295 g/mol. The molecule has 2 aromatic rings. The second kappa shape index (κ2) is 7.03. The molecule has 0 amide bonds. The number of nitrogens with two attached hydrogens (primary N) is 1. The molecule has 20 heavy (non-hydrogen) atoms. The van der Waals surface area contributed by atoms with Crippen LogP contribution in [0, 0.1) is 5.82 Å². The van der Waals surface area contributed by atoms with E-state index in [-0.39, 0.29) is 18.2 Å². The Morgan fingerprint density at radius 2 is 1.50 bits per heavy atom. The normalized spacial score (nSPS) is 11.5. The maximum absolute atomic E-state index is 12.8. The fraction of sp³-hybridized carbons (Fsp3) is 0.133. The quantitative estimate of drug-likeness (QED) is 0.911. The van der Waals surface area contributed by atoms with E-state index in [4.69, 9.17) is 10.8 Å². The zero-order valence-electron chi connectivity index (χ0n) is 10.6. The first-order chi connectivity index (χ1) is 9.06. The smallest absolute Gasteiger partial charge is 0.320 e. The SMILES string of the molecule is Cl.NC(Cc1ccc(-c2ccc(F)cc2)cc1)C(=O)O. The van der Waals surface area contributed by atoms with Gasteiger partial charge in [-0.3, -0.25) is 4.79 Å². The zero-order valence-corrected chi connectivity index (χ0v) is 11.4. The molecule has 0 bridgehead atoms. The first kappa shape index (κ1) is 16.1. The van der Waals surface area contributed by atoms with Crippen molar-refractivity contribution in [2.24, 2.45) is 5.73 Å². The number of hydrogen-bond donors (Lipinski definition) is 2. The Morgan fingerprint density at radius 3 is 1.95 bits per heavy atom. The lowest BCUT2D eigenvalue weighted by Crippen LogP contribution is -2.32. The van der Waals surface area contributed by atoms with Crippen LogP contribution in [0.4, 0.5) is 4.39 Å². The van der Waals surface area contributed by atoms with Gasteiger partial charge in [-0.05, 0) is 35.2 Å². The minimum Gasteiger partial charge on any atom is -0.480 e. The molecule has 3 N–H and O–H groups in total. The summed E-state index contributed by atoms with van der Waals surface area (Å²) in [6.45, 7) is 0. The molecule has 0 aliphatic rings. The Labute approximate surface area is 122 Å². The van der Waals surface area contributed by atoms with Crippen LogP contribution in [-0.2, 0) is 11.2 Å². The molecule has 0 saturated carbocycles. The molecule has 0 saturated heterocycles. The van der Waals surface area contributed by atoms with Gasteiger partial charge in [0.1, 0.15) is 11.9 Å². The van der Waals surface area contributed by atoms with Crippen molar-refractivity contribution < 1.29 is 14.3 Å². The van der Waals surface area contributed by atoms with Crippen molar-refractivity contribution in [3.8, 4) is 11.1 Å². The molecule has 0 radical (unpaired) electrons. The maximum Gasteiger partial charge on any atom is 0.320 e. The topological polar surface area (TPSA) is 63.3 Å².